The Hall–Kier alpha value is -4.86. The lowest BCUT2D eigenvalue weighted by Gasteiger charge is -2.13. The highest BCUT2D eigenvalue weighted by Gasteiger charge is 2.15. The number of benzene rings is 2. The second kappa shape index (κ2) is 10.8. The standard InChI is InChI=1S/C25H21FN6O3/c26-18-7-8-20(30-25(35)21-6-1-2-10-28-21)22(15-18)31-24(34)17-4-3-5-19(14-17)29-23(33)9-12-32-13-11-27-16-32/h1-8,10-11,13-16H,9,12H2,(H,29,33)(H,30,35)(H,31,34). The first-order valence-corrected chi connectivity index (χ1v) is 10.7. The lowest BCUT2D eigenvalue weighted by atomic mass is 10.1. The first kappa shape index (κ1) is 23.3. The van der Waals surface area contributed by atoms with Crippen molar-refractivity contribution in [2.75, 3.05) is 16.0 Å². The van der Waals surface area contributed by atoms with Gasteiger partial charge in [0.25, 0.3) is 11.8 Å². The summed E-state index contributed by atoms with van der Waals surface area (Å²) in [5.74, 6) is -1.86. The first-order valence-electron chi connectivity index (χ1n) is 10.7. The summed E-state index contributed by atoms with van der Waals surface area (Å²) in [7, 11) is 0. The summed E-state index contributed by atoms with van der Waals surface area (Å²) in [6, 6.07) is 14.8. The van der Waals surface area contributed by atoms with Crippen molar-refractivity contribution in [2.24, 2.45) is 0 Å². The molecule has 0 aliphatic carbocycles. The summed E-state index contributed by atoms with van der Waals surface area (Å²) in [5.41, 5.74) is 1.14. The molecule has 0 aliphatic heterocycles. The molecule has 4 aromatic rings. The molecule has 9 nitrogen and oxygen atoms in total. The Kier molecular flexibility index (Phi) is 7.22. The largest absolute Gasteiger partial charge is 0.337 e. The number of aryl methyl sites for hydroxylation is 1. The molecule has 0 spiro atoms. The van der Waals surface area contributed by atoms with Gasteiger partial charge in [-0.25, -0.2) is 9.37 Å². The molecular formula is C25H21FN6O3. The molecular weight excluding hydrogens is 451 g/mol. The highest BCUT2D eigenvalue weighted by Crippen LogP contribution is 2.24. The molecule has 35 heavy (non-hydrogen) atoms. The summed E-state index contributed by atoms with van der Waals surface area (Å²) in [6.45, 7) is 0.471. The zero-order valence-electron chi connectivity index (χ0n) is 18.4. The smallest absolute Gasteiger partial charge is 0.274 e. The van der Waals surface area contributed by atoms with Crippen molar-refractivity contribution in [3.05, 3.63) is 103 Å². The maximum absolute atomic E-state index is 13.9. The molecule has 3 N–H and O–H groups in total. The number of halogens is 1. The molecule has 0 radical (unpaired) electrons. The number of imidazole rings is 1. The van der Waals surface area contributed by atoms with E-state index in [1.54, 1.807) is 53.6 Å². The fourth-order valence-corrected chi connectivity index (χ4v) is 3.22. The number of nitrogens with one attached hydrogen (secondary N) is 3. The molecule has 0 atom stereocenters. The number of rotatable bonds is 8. The van der Waals surface area contributed by atoms with Crippen molar-refractivity contribution in [1.29, 1.82) is 0 Å². The molecule has 0 unspecified atom stereocenters. The van der Waals surface area contributed by atoms with Gasteiger partial charge in [-0.2, -0.15) is 0 Å². The number of hydrogen-bond acceptors (Lipinski definition) is 5. The van der Waals surface area contributed by atoms with E-state index in [4.69, 9.17) is 0 Å². The van der Waals surface area contributed by atoms with Crippen LogP contribution in [-0.2, 0) is 11.3 Å². The summed E-state index contributed by atoms with van der Waals surface area (Å²) >= 11 is 0. The van der Waals surface area contributed by atoms with E-state index in [-0.39, 0.29) is 35.0 Å². The Bertz CT molecular complexity index is 1340. The van der Waals surface area contributed by atoms with Crippen LogP contribution in [0.25, 0.3) is 0 Å². The van der Waals surface area contributed by atoms with E-state index in [1.807, 2.05) is 0 Å². The van der Waals surface area contributed by atoms with Crippen LogP contribution in [0.1, 0.15) is 27.3 Å². The Morgan fingerprint density at radius 1 is 0.857 bits per heavy atom. The SMILES string of the molecule is O=C(CCn1ccnc1)Nc1cccc(C(=O)Nc2cc(F)ccc2NC(=O)c2ccccn2)c1. The van der Waals surface area contributed by atoms with Gasteiger partial charge in [0.2, 0.25) is 5.91 Å². The minimum Gasteiger partial charge on any atom is -0.337 e. The van der Waals surface area contributed by atoms with Crippen molar-refractivity contribution in [3.63, 3.8) is 0 Å². The van der Waals surface area contributed by atoms with Crippen LogP contribution in [0.15, 0.2) is 85.6 Å². The topological polar surface area (TPSA) is 118 Å². The number of aromatic nitrogens is 3. The van der Waals surface area contributed by atoms with E-state index in [0.717, 1.165) is 6.07 Å². The number of carbonyl (C=O) groups is 3. The Morgan fingerprint density at radius 3 is 2.49 bits per heavy atom. The first-order chi connectivity index (χ1) is 17.0. The maximum Gasteiger partial charge on any atom is 0.274 e. The van der Waals surface area contributed by atoms with Crippen LogP contribution in [0.2, 0.25) is 0 Å². The van der Waals surface area contributed by atoms with Crippen molar-refractivity contribution < 1.29 is 18.8 Å². The minimum atomic E-state index is -0.588. The molecule has 4 rings (SSSR count). The van der Waals surface area contributed by atoms with Gasteiger partial charge in [0.1, 0.15) is 11.5 Å². The van der Waals surface area contributed by atoms with Crippen LogP contribution >= 0.6 is 0 Å². The zero-order chi connectivity index (χ0) is 24.6. The molecule has 2 aromatic heterocycles. The van der Waals surface area contributed by atoms with E-state index in [0.29, 0.717) is 12.2 Å². The van der Waals surface area contributed by atoms with Crippen molar-refractivity contribution in [2.45, 2.75) is 13.0 Å². The van der Waals surface area contributed by atoms with Gasteiger partial charge in [-0.3, -0.25) is 19.4 Å². The highest BCUT2D eigenvalue weighted by atomic mass is 19.1. The van der Waals surface area contributed by atoms with Gasteiger partial charge in [0, 0.05) is 42.8 Å². The van der Waals surface area contributed by atoms with Gasteiger partial charge >= 0.3 is 0 Å². The third kappa shape index (κ3) is 6.35. The third-order valence-electron chi connectivity index (χ3n) is 4.94. The fraction of sp³-hybridized carbons (Fsp3) is 0.0800. The fourth-order valence-electron chi connectivity index (χ4n) is 3.22. The van der Waals surface area contributed by atoms with Gasteiger partial charge in [0.15, 0.2) is 0 Å². The van der Waals surface area contributed by atoms with Crippen LogP contribution in [0, 0.1) is 5.82 Å². The van der Waals surface area contributed by atoms with Crippen LogP contribution < -0.4 is 16.0 Å². The number of hydrogen-bond donors (Lipinski definition) is 3. The molecule has 0 saturated carbocycles. The number of pyridine rings is 1. The van der Waals surface area contributed by atoms with Gasteiger partial charge in [0.05, 0.1) is 17.7 Å². The number of carbonyl (C=O) groups excluding carboxylic acids is 3. The average molecular weight is 472 g/mol. The summed E-state index contributed by atoms with van der Waals surface area (Å²) < 4.78 is 15.7. The molecule has 10 heteroatoms. The summed E-state index contributed by atoms with van der Waals surface area (Å²) in [4.78, 5) is 45.5. The van der Waals surface area contributed by atoms with Crippen LogP contribution in [0.5, 0.6) is 0 Å². The quantitative estimate of drug-likeness (QED) is 0.359. The van der Waals surface area contributed by atoms with Crippen LogP contribution in [0.4, 0.5) is 21.5 Å². The average Bonchev–Trinajstić information content (AvgIpc) is 3.39. The molecule has 0 saturated heterocycles. The second-order valence-electron chi connectivity index (χ2n) is 7.49. The molecule has 2 aromatic carbocycles. The number of nitrogens with zero attached hydrogens (tertiary/aromatic N) is 3. The maximum atomic E-state index is 13.9. The van der Waals surface area contributed by atoms with Gasteiger partial charge in [-0.15, -0.1) is 0 Å². The van der Waals surface area contributed by atoms with Crippen molar-refractivity contribution in [3.8, 4) is 0 Å². The highest BCUT2D eigenvalue weighted by molar-refractivity contribution is 6.10. The molecule has 176 valence electrons. The zero-order valence-corrected chi connectivity index (χ0v) is 18.4. The Labute approximate surface area is 200 Å². The lowest BCUT2D eigenvalue weighted by Crippen LogP contribution is -2.18. The number of amides is 3. The van der Waals surface area contributed by atoms with Gasteiger partial charge in [-0.1, -0.05) is 12.1 Å². The van der Waals surface area contributed by atoms with Crippen molar-refractivity contribution in [1.82, 2.24) is 14.5 Å². The normalized spacial score (nSPS) is 10.4. The van der Waals surface area contributed by atoms with E-state index in [1.165, 1.54) is 30.5 Å². The number of anilines is 3. The minimum absolute atomic E-state index is 0.0778. The molecule has 2 heterocycles. The van der Waals surface area contributed by atoms with Crippen molar-refractivity contribution >= 4 is 34.8 Å². The van der Waals surface area contributed by atoms with E-state index >= 15 is 0 Å². The monoisotopic (exact) mass is 472 g/mol. The predicted octanol–water partition coefficient (Wildman–Crippen LogP) is 3.95. The second-order valence-corrected chi connectivity index (χ2v) is 7.49. The van der Waals surface area contributed by atoms with E-state index in [9.17, 15) is 18.8 Å². The predicted molar refractivity (Wildman–Crippen MR) is 128 cm³/mol. The molecule has 0 fully saturated rings. The Balaban J connectivity index is 1.43. The third-order valence-corrected chi connectivity index (χ3v) is 4.94. The van der Waals surface area contributed by atoms with Crippen LogP contribution in [-0.4, -0.2) is 32.3 Å². The van der Waals surface area contributed by atoms with E-state index in [2.05, 4.69) is 25.9 Å². The van der Waals surface area contributed by atoms with Gasteiger partial charge < -0.3 is 20.5 Å². The molecule has 3 amide bonds. The van der Waals surface area contributed by atoms with Crippen LogP contribution in [0.3, 0.4) is 0 Å². The van der Waals surface area contributed by atoms with Gasteiger partial charge in [-0.05, 0) is 48.5 Å². The van der Waals surface area contributed by atoms with E-state index < -0.39 is 17.6 Å². The lowest BCUT2D eigenvalue weighted by molar-refractivity contribution is -0.116. The molecule has 0 bridgehead atoms. The molecule has 0 aliphatic rings. The Morgan fingerprint density at radius 2 is 1.71 bits per heavy atom. The summed E-state index contributed by atoms with van der Waals surface area (Å²) in [6.07, 6.45) is 6.73. The summed E-state index contributed by atoms with van der Waals surface area (Å²) in [5, 5.41) is 7.99.